The minimum atomic E-state index is -0.543. The zero-order valence-electron chi connectivity index (χ0n) is 11.2. The zero-order chi connectivity index (χ0) is 14.0. The van der Waals surface area contributed by atoms with Gasteiger partial charge in [-0.1, -0.05) is 24.6 Å². The molecule has 1 aromatic rings. The van der Waals surface area contributed by atoms with Gasteiger partial charge in [-0.15, -0.1) is 0 Å². The standard InChI is InChI=1S/C14H19ClN2O2/c1-3-12-14(19)16-6-7-17(12)13-5-4-10(9(2)18)8-11(13)15/h4-5,8-9,12,18H,3,6-7H2,1-2H3,(H,16,19)/t9-,12?/m0/s1. The number of amides is 1. The van der Waals surface area contributed by atoms with Crippen LogP contribution in [-0.4, -0.2) is 30.1 Å². The molecule has 104 valence electrons. The first-order valence-electron chi connectivity index (χ1n) is 6.56. The molecule has 1 aliphatic heterocycles. The van der Waals surface area contributed by atoms with Crippen molar-refractivity contribution in [2.75, 3.05) is 18.0 Å². The number of benzene rings is 1. The first-order valence-corrected chi connectivity index (χ1v) is 6.94. The molecule has 0 radical (unpaired) electrons. The molecule has 1 aliphatic rings. The number of carbonyl (C=O) groups is 1. The van der Waals surface area contributed by atoms with Crippen molar-refractivity contribution >= 4 is 23.2 Å². The Morgan fingerprint density at radius 1 is 1.58 bits per heavy atom. The number of aliphatic hydroxyl groups is 1. The van der Waals surface area contributed by atoms with Crippen molar-refractivity contribution in [2.24, 2.45) is 0 Å². The topological polar surface area (TPSA) is 52.6 Å². The van der Waals surface area contributed by atoms with Crippen LogP contribution in [0.1, 0.15) is 31.9 Å². The first-order chi connectivity index (χ1) is 9.04. The highest BCUT2D eigenvalue weighted by atomic mass is 35.5. The Kier molecular flexibility index (Phi) is 4.32. The summed E-state index contributed by atoms with van der Waals surface area (Å²) >= 11 is 6.29. The lowest BCUT2D eigenvalue weighted by molar-refractivity contribution is -0.123. The minimum Gasteiger partial charge on any atom is -0.389 e. The summed E-state index contributed by atoms with van der Waals surface area (Å²) in [5.41, 5.74) is 1.64. The second-order valence-electron chi connectivity index (χ2n) is 4.80. The van der Waals surface area contributed by atoms with Crippen molar-refractivity contribution < 1.29 is 9.90 Å². The molecule has 2 atom stereocenters. The molecule has 5 heteroatoms. The van der Waals surface area contributed by atoms with E-state index in [1.807, 2.05) is 24.0 Å². The molecule has 1 aromatic carbocycles. The number of rotatable bonds is 3. The maximum absolute atomic E-state index is 11.9. The number of anilines is 1. The zero-order valence-corrected chi connectivity index (χ0v) is 11.9. The van der Waals surface area contributed by atoms with Crippen LogP contribution < -0.4 is 10.2 Å². The van der Waals surface area contributed by atoms with Crippen LogP contribution in [0.5, 0.6) is 0 Å². The molecule has 0 bridgehead atoms. The predicted molar refractivity (Wildman–Crippen MR) is 76.5 cm³/mol. The summed E-state index contributed by atoms with van der Waals surface area (Å²) in [6.45, 7) is 5.07. The Labute approximate surface area is 118 Å². The normalized spacial score (nSPS) is 21.2. The van der Waals surface area contributed by atoms with Gasteiger partial charge in [-0.25, -0.2) is 0 Å². The molecule has 19 heavy (non-hydrogen) atoms. The van der Waals surface area contributed by atoms with Gasteiger partial charge in [-0.2, -0.15) is 0 Å². The summed E-state index contributed by atoms with van der Waals surface area (Å²) in [5.74, 6) is 0.0458. The van der Waals surface area contributed by atoms with Crippen molar-refractivity contribution in [3.8, 4) is 0 Å². The summed E-state index contributed by atoms with van der Waals surface area (Å²) in [6, 6.07) is 5.32. The van der Waals surface area contributed by atoms with Gasteiger partial charge in [0.25, 0.3) is 0 Å². The lowest BCUT2D eigenvalue weighted by Gasteiger charge is -2.37. The summed E-state index contributed by atoms with van der Waals surface area (Å²) in [5, 5.41) is 13.0. The SMILES string of the molecule is CCC1C(=O)NCCN1c1ccc([C@H](C)O)cc1Cl. The summed E-state index contributed by atoms with van der Waals surface area (Å²) < 4.78 is 0. The molecule has 0 spiro atoms. The lowest BCUT2D eigenvalue weighted by Crippen LogP contribution is -2.55. The van der Waals surface area contributed by atoms with Crippen molar-refractivity contribution in [1.29, 1.82) is 0 Å². The van der Waals surface area contributed by atoms with E-state index >= 15 is 0 Å². The molecule has 1 unspecified atom stereocenters. The maximum atomic E-state index is 11.9. The number of carbonyl (C=O) groups excluding carboxylic acids is 1. The van der Waals surface area contributed by atoms with Gasteiger partial charge < -0.3 is 15.3 Å². The lowest BCUT2D eigenvalue weighted by atomic mass is 10.1. The molecule has 4 nitrogen and oxygen atoms in total. The number of nitrogens with zero attached hydrogens (tertiary/aromatic N) is 1. The average molecular weight is 283 g/mol. The Hall–Kier alpha value is -1.26. The van der Waals surface area contributed by atoms with E-state index < -0.39 is 6.10 Å². The van der Waals surface area contributed by atoms with Crippen molar-refractivity contribution in [3.05, 3.63) is 28.8 Å². The van der Waals surface area contributed by atoms with E-state index in [0.29, 0.717) is 11.6 Å². The number of piperazine rings is 1. The number of hydrogen-bond acceptors (Lipinski definition) is 3. The van der Waals surface area contributed by atoms with Crippen LogP contribution in [0.25, 0.3) is 0 Å². The molecular formula is C14H19ClN2O2. The second-order valence-corrected chi connectivity index (χ2v) is 5.20. The van der Waals surface area contributed by atoms with Crippen molar-refractivity contribution in [2.45, 2.75) is 32.4 Å². The highest BCUT2D eigenvalue weighted by molar-refractivity contribution is 6.33. The van der Waals surface area contributed by atoms with Crippen LogP contribution in [0.3, 0.4) is 0 Å². The fraction of sp³-hybridized carbons (Fsp3) is 0.500. The number of hydrogen-bond donors (Lipinski definition) is 2. The van der Waals surface area contributed by atoms with E-state index in [1.54, 1.807) is 13.0 Å². The average Bonchev–Trinajstić information content (AvgIpc) is 2.38. The van der Waals surface area contributed by atoms with E-state index in [9.17, 15) is 9.90 Å². The third-order valence-corrected chi connectivity index (χ3v) is 3.78. The summed E-state index contributed by atoms with van der Waals surface area (Å²) in [7, 11) is 0. The van der Waals surface area contributed by atoms with Crippen molar-refractivity contribution in [3.63, 3.8) is 0 Å². The van der Waals surface area contributed by atoms with E-state index in [0.717, 1.165) is 24.2 Å². The van der Waals surface area contributed by atoms with Gasteiger partial charge in [0.05, 0.1) is 16.8 Å². The van der Waals surface area contributed by atoms with Gasteiger partial charge in [0.1, 0.15) is 6.04 Å². The number of aliphatic hydroxyl groups excluding tert-OH is 1. The van der Waals surface area contributed by atoms with Gasteiger partial charge in [-0.05, 0) is 31.0 Å². The number of nitrogens with one attached hydrogen (secondary N) is 1. The molecule has 0 aromatic heterocycles. The summed E-state index contributed by atoms with van der Waals surface area (Å²) in [4.78, 5) is 13.9. The van der Waals surface area contributed by atoms with Gasteiger partial charge in [0.15, 0.2) is 0 Å². The van der Waals surface area contributed by atoms with Gasteiger partial charge >= 0.3 is 0 Å². The molecule has 1 saturated heterocycles. The third kappa shape index (κ3) is 2.85. The highest BCUT2D eigenvalue weighted by Crippen LogP contribution is 2.31. The molecule has 1 heterocycles. The molecular weight excluding hydrogens is 264 g/mol. The van der Waals surface area contributed by atoms with Gasteiger partial charge in [0.2, 0.25) is 5.91 Å². The molecule has 0 saturated carbocycles. The fourth-order valence-corrected chi connectivity index (χ4v) is 2.72. The minimum absolute atomic E-state index is 0.0458. The molecule has 2 rings (SSSR count). The maximum Gasteiger partial charge on any atom is 0.242 e. The van der Waals surface area contributed by atoms with E-state index in [4.69, 9.17) is 11.6 Å². The molecule has 1 fully saturated rings. The van der Waals surface area contributed by atoms with E-state index in [2.05, 4.69) is 5.32 Å². The Morgan fingerprint density at radius 2 is 2.32 bits per heavy atom. The predicted octanol–water partition coefficient (Wildman–Crippen LogP) is 2.11. The van der Waals surface area contributed by atoms with E-state index in [1.165, 1.54) is 0 Å². The van der Waals surface area contributed by atoms with Crippen LogP contribution in [0, 0.1) is 0 Å². The van der Waals surface area contributed by atoms with Gasteiger partial charge in [0, 0.05) is 13.1 Å². The van der Waals surface area contributed by atoms with Crippen LogP contribution in [0.4, 0.5) is 5.69 Å². The number of halogens is 1. The molecule has 1 amide bonds. The second kappa shape index (κ2) is 5.80. The van der Waals surface area contributed by atoms with Crippen LogP contribution in [-0.2, 0) is 4.79 Å². The van der Waals surface area contributed by atoms with Crippen LogP contribution in [0.2, 0.25) is 5.02 Å². The Bertz CT molecular complexity index is 477. The largest absolute Gasteiger partial charge is 0.389 e. The fourth-order valence-electron chi connectivity index (χ4n) is 2.42. The van der Waals surface area contributed by atoms with Crippen LogP contribution in [0.15, 0.2) is 18.2 Å². The molecule has 0 aliphatic carbocycles. The third-order valence-electron chi connectivity index (χ3n) is 3.48. The smallest absolute Gasteiger partial charge is 0.242 e. The quantitative estimate of drug-likeness (QED) is 0.893. The van der Waals surface area contributed by atoms with Gasteiger partial charge in [-0.3, -0.25) is 4.79 Å². The highest BCUT2D eigenvalue weighted by Gasteiger charge is 2.29. The van der Waals surface area contributed by atoms with Crippen molar-refractivity contribution in [1.82, 2.24) is 5.32 Å². The summed E-state index contributed by atoms with van der Waals surface area (Å²) in [6.07, 6.45) is 0.193. The Morgan fingerprint density at radius 3 is 2.89 bits per heavy atom. The van der Waals surface area contributed by atoms with Crippen LogP contribution >= 0.6 is 11.6 Å². The first kappa shape index (κ1) is 14.2. The molecule has 2 N–H and O–H groups in total. The monoisotopic (exact) mass is 282 g/mol. The van der Waals surface area contributed by atoms with E-state index in [-0.39, 0.29) is 11.9 Å². The Balaban J connectivity index is 2.32.